The van der Waals surface area contributed by atoms with Crippen molar-refractivity contribution in [2.45, 2.75) is 34.1 Å². The van der Waals surface area contributed by atoms with Gasteiger partial charge in [0.25, 0.3) is 0 Å². The standard InChI is InChI=1S/C13H18O2/c1-5-6-15-13-10(3)7-9(2)8-12(13)11(4)14/h7-8H,5-6H2,1-4H3. The Morgan fingerprint density at radius 3 is 2.53 bits per heavy atom. The van der Waals surface area contributed by atoms with Crippen LogP contribution in [0.5, 0.6) is 5.75 Å². The summed E-state index contributed by atoms with van der Waals surface area (Å²) in [5.41, 5.74) is 2.83. The van der Waals surface area contributed by atoms with Gasteiger partial charge in [-0.25, -0.2) is 0 Å². The monoisotopic (exact) mass is 206 g/mol. The normalized spacial score (nSPS) is 10.1. The number of carbonyl (C=O) groups is 1. The Kier molecular flexibility index (Phi) is 3.89. The van der Waals surface area contributed by atoms with E-state index in [0.29, 0.717) is 12.2 Å². The Labute approximate surface area is 91.3 Å². The molecular weight excluding hydrogens is 188 g/mol. The molecule has 0 aromatic heterocycles. The molecule has 0 aliphatic rings. The SMILES string of the molecule is CCCOc1c(C)cc(C)cc1C(C)=O. The van der Waals surface area contributed by atoms with Crippen molar-refractivity contribution in [3.63, 3.8) is 0 Å². The van der Waals surface area contributed by atoms with E-state index in [2.05, 4.69) is 6.92 Å². The number of hydrogen-bond acceptors (Lipinski definition) is 2. The summed E-state index contributed by atoms with van der Waals surface area (Å²) in [5.74, 6) is 0.808. The van der Waals surface area contributed by atoms with Crippen molar-refractivity contribution in [1.29, 1.82) is 0 Å². The molecule has 0 saturated heterocycles. The molecule has 0 spiro atoms. The van der Waals surface area contributed by atoms with Gasteiger partial charge in [-0.15, -0.1) is 0 Å². The van der Waals surface area contributed by atoms with E-state index >= 15 is 0 Å². The minimum atomic E-state index is 0.0629. The fourth-order valence-electron chi connectivity index (χ4n) is 1.61. The number of rotatable bonds is 4. The van der Waals surface area contributed by atoms with E-state index in [4.69, 9.17) is 4.74 Å². The molecule has 0 aliphatic heterocycles. The van der Waals surface area contributed by atoms with E-state index in [0.717, 1.165) is 23.3 Å². The zero-order chi connectivity index (χ0) is 11.4. The summed E-state index contributed by atoms with van der Waals surface area (Å²) in [4.78, 5) is 11.5. The highest BCUT2D eigenvalue weighted by molar-refractivity contribution is 5.97. The molecule has 1 aromatic rings. The largest absolute Gasteiger partial charge is 0.493 e. The van der Waals surface area contributed by atoms with Gasteiger partial charge in [0.15, 0.2) is 5.78 Å². The number of hydrogen-bond donors (Lipinski definition) is 0. The first kappa shape index (κ1) is 11.8. The second-order valence-electron chi connectivity index (χ2n) is 3.86. The lowest BCUT2D eigenvalue weighted by Crippen LogP contribution is -2.04. The topological polar surface area (TPSA) is 26.3 Å². The van der Waals surface area contributed by atoms with E-state index < -0.39 is 0 Å². The van der Waals surface area contributed by atoms with Crippen molar-refractivity contribution < 1.29 is 9.53 Å². The first-order valence-corrected chi connectivity index (χ1v) is 5.31. The molecule has 2 heteroatoms. The Hall–Kier alpha value is -1.31. The molecule has 0 heterocycles. The van der Waals surface area contributed by atoms with Crippen LogP contribution in [0.2, 0.25) is 0 Å². The smallest absolute Gasteiger partial charge is 0.163 e. The molecule has 0 atom stereocenters. The average molecular weight is 206 g/mol. The van der Waals surface area contributed by atoms with E-state index in [1.165, 1.54) is 0 Å². The summed E-state index contributed by atoms with van der Waals surface area (Å²) in [6.45, 7) is 8.25. The second kappa shape index (κ2) is 4.96. The maximum absolute atomic E-state index is 11.5. The third-order valence-corrected chi connectivity index (χ3v) is 2.25. The first-order valence-electron chi connectivity index (χ1n) is 5.31. The molecule has 0 saturated carbocycles. The number of benzene rings is 1. The highest BCUT2D eigenvalue weighted by Gasteiger charge is 2.11. The van der Waals surface area contributed by atoms with Crippen molar-refractivity contribution in [2.75, 3.05) is 6.61 Å². The van der Waals surface area contributed by atoms with Crippen LogP contribution in [0.1, 0.15) is 41.8 Å². The molecule has 1 rings (SSSR count). The van der Waals surface area contributed by atoms with Crippen LogP contribution < -0.4 is 4.74 Å². The van der Waals surface area contributed by atoms with Crippen LogP contribution in [0.15, 0.2) is 12.1 Å². The fraction of sp³-hybridized carbons (Fsp3) is 0.462. The Morgan fingerprint density at radius 2 is 2.00 bits per heavy atom. The van der Waals surface area contributed by atoms with Gasteiger partial charge in [-0.05, 0) is 44.4 Å². The highest BCUT2D eigenvalue weighted by Crippen LogP contribution is 2.25. The molecule has 15 heavy (non-hydrogen) atoms. The van der Waals surface area contributed by atoms with Gasteiger partial charge in [0.1, 0.15) is 5.75 Å². The molecule has 0 fully saturated rings. The van der Waals surface area contributed by atoms with E-state index in [9.17, 15) is 4.79 Å². The van der Waals surface area contributed by atoms with Gasteiger partial charge in [0.2, 0.25) is 0 Å². The Bertz CT molecular complexity index is 367. The predicted octanol–water partition coefficient (Wildman–Crippen LogP) is 3.29. The van der Waals surface area contributed by atoms with Gasteiger partial charge in [-0.3, -0.25) is 4.79 Å². The lowest BCUT2D eigenvalue weighted by Gasteiger charge is -2.13. The zero-order valence-corrected chi connectivity index (χ0v) is 9.89. The van der Waals surface area contributed by atoms with Crippen molar-refractivity contribution in [2.24, 2.45) is 0 Å². The van der Waals surface area contributed by atoms with Gasteiger partial charge in [0, 0.05) is 0 Å². The van der Waals surface area contributed by atoms with Gasteiger partial charge >= 0.3 is 0 Å². The van der Waals surface area contributed by atoms with Crippen molar-refractivity contribution >= 4 is 5.78 Å². The molecule has 0 N–H and O–H groups in total. The van der Waals surface area contributed by atoms with Crippen LogP contribution in [-0.2, 0) is 0 Å². The van der Waals surface area contributed by atoms with Crippen LogP contribution in [0.25, 0.3) is 0 Å². The van der Waals surface area contributed by atoms with Crippen LogP contribution in [0.4, 0.5) is 0 Å². The third-order valence-electron chi connectivity index (χ3n) is 2.25. The second-order valence-corrected chi connectivity index (χ2v) is 3.86. The Morgan fingerprint density at radius 1 is 1.33 bits per heavy atom. The van der Waals surface area contributed by atoms with E-state index in [-0.39, 0.29) is 5.78 Å². The van der Waals surface area contributed by atoms with E-state index in [1.807, 2.05) is 26.0 Å². The molecule has 0 aliphatic carbocycles. The maximum Gasteiger partial charge on any atom is 0.163 e. The molecule has 0 radical (unpaired) electrons. The molecular formula is C13H18O2. The summed E-state index contributed by atoms with van der Waals surface area (Å²) in [7, 11) is 0. The van der Waals surface area contributed by atoms with Crippen LogP contribution >= 0.6 is 0 Å². The maximum atomic E-state index is 11.5. The van der Waals surface area contributed by atoms with Crippen molar-refractivity contribution in [3.05, 3.63) is 28.8 Å². The summed E-state index contributed by atoms with van der Waals surface area (Å²) < 4.78 is 5.61. The summed E-state index contributed by atoms with van der Waals surface area (Å²) in [6.07, 6.45) is 0.949. The number of ether oxygens (including phenoxy) is 1. The van der Waals surface area contributed by atoms with Gasteiger partial charge in [-0.1, -0.05) is 13.0 Å². The zero-order valence-electron chi connectivity index (χ0n) is 9.89. The minimum Gasteiger partial charge on any atom is -0.493 e. The number of ketones is 1. The average Bonchev–Trinajstić information content (AvgIpc) is 2.15. The van der Waals surface area contributed by atoms with Gasteiger partial charge in [-0.2, -0.15) is 0 Å². The lowest BCUT2D eigenvalue weighted by atomic mass is 10.0. The molecule has 0 amide bonds. The fourth-order valence-corrected chi connectivity index (χ4v) is 1.61. The lowest BCUT2D eigenvalue weighted by molar-refractivity contribution is 0.101. The third kappa shape index (κ3) is 2.82. The number of aryl methyl sites for hydroxylation is 2. The van der Waals surface area contributed by atoms with E-state index in [1.54, 1.807) is 6.92 Å². The molecule has 82 valence electrons. The summed E-state index contributed by atoms with van der Waals surface area (Å²) in [6, 6.07) is 3.93. The van der Waals surface area contributed by atoms with Crippen molar-refractivity contribution in [3.8, 4) is 5.75 Å². The van der Waals surface area contributed by atoms with Crippen LogP contribution in [0, 0.1) is 13.8 Å². The molecule has 0 unspecified atom stereocenters. The van der Waals surface area contributed by atoms with Crippen LogP contribution in [-0.4, -0.2) is 12.4 Å². The minimum absolute atomic E-state index is 0.0629. The highest BCUT2D eigenvalue weighted by atomic mass is 16.5. The number of carbonyl (C=O) groups excluding carboxylic acids is 1. The summed E-state index contributed by atoms with van der Waals surface area (Å²) >= 11 is 0. The number of Topliss-reactive ketones (excluding diaryl/α,β-unsaturated/α-hetero) is 1. The van der Waals surface area contributed by atoms with Gasteiger partial charge < -0.3 is 4.74 Å². The van der Waals surface area contributed by atoms with Crippen LogP contribution in [0.3, 0.4) is 0 Å². The quantitative estimate of drug-likeness (QED) is 0.706. The first-order chi connectivity index (χ1) is 7.06. The Balaban J connectivity index is 3.15. The predicted molar refractivity (Wildman–Crippen MR) is 61.7 cm³/mol. The summed E-state index contributed by atoms with van der Waals surface area (Å²) in [5, 5.41) is 0. The molecule has 1 aromatic carbocycles. The van der Waals surface area contributed by atoms with Gasteiger partial charge in [0.05, 0.1) is 12.2 Å². The molecule has 2 nitrogen and oxygen atoms in total. The van der Waals surface area contributed by atoms with Crippen molar-refractivity contribution in [1.82, 2.24) is 0 Å². The molecule has 0 bridgehead atoms.